The van der Waals surface area contributed by atoms with Crippen LogP contribution in [0.1, 0.15) is 22.7 Å². The predicted octanol–water partition coefficient (Wildman–Crippen LogP) is 2.02. The van der Waals surface area contributed by atoms with Gasteiger partial charge in [-0.3, -0.25) is 5.43 Å². The molecule has 0 bridgehead atoms. The van der Waals surface area contributed by atoms with E-state index in [1.54, 1.807) is 12.7 Å². The van der Waals surface area contributed by atoms with Gasteiger partial charge in [0.25, 0.3) is 0 Å². The van der Waals surface area contributed by atoms with Crippen molar-refractivity contribution in [2.75, 3.05) is 13.1 Å². The van der Waals surface area contributed by atoms with Crippen LogP contribution in [-0.4, -0.2) is 27.9 Å². The Hall–Kier alpha value is -2.61. The Kier molecular flexibility index (Phi) is 5.53. The summed E-state index contributed by atoms with van der Waals surface area (Å²) >= 11 is 0. The van der Waals surface area contributed by atoms with Crippen molar-refractivity contribution in [2.24, 2.45) is 5.92 Å². The smallest absolute Gasteiger partial charge is 0.137 e. The second-order valence-corrected chi connectivity index (χ2v) is 6.85. The van der Waals surface area contributed by atoms with Gasteiger partial charge in [0.05, 0.1) is 12.6 Å². The van der Waals surface area contributed by atoms with Gasteiger partial charge in [-0.1, -0.05) is 36.4 Å². The summed E-state index contributed by atoms with van der Waals surface area (Å²) in [6.45, 7) is 3.30. The van der Waals surface area contributed by atoms with Crippen molar-refractivity contribution < 1.29 is 4.39 Å². The third-order valence-electron chi connectivity index (χ3n) is 4.89. The number of hydrazine groups is 1. The fraction of sp³-hybridized carbons (Fsp3) is 0.300. The lowest BCUT2D eigenvalue weighted by Gasteiger charge is -2.19. The first-order chi connectivity index (χ1) is 13.3. The van der Waals surface area contributed by atoms with Crippen LogP contribution in [0.4, 0.5) is 4.39 Å². The number of hydrogen-bond donors (Lipinski definition) is 3. The third kappa shape index (κ3) is 4.57. The molecule has 140 valence electrons. The van der Waals surface area contributed by atoms with Crippen molar-refractivity contribution in [3.05, 3.63) is 83.7 Å². The van der Waals surface area contributed by atoms with E-state index in [1.165, 1.54) is 23.3 Å². The molecule has 0 spiro atoms. The highest BCUT2D eigenvalue weighted by Gasteiger charge is 2.27. The van der Waals surface area contributed by atoms with E-state index in [1.807, 2.05) is 16.8 Å². The molecule has 4 rings (SSSR count). The van der Waals surface area contributed by atoms with E-state index in [2.05, 4.69) is 50.5 Å². The van der Waals surface area contributed by atoms with Crippen molar-refractivity contribution in [3.8, 4) is 0 Å². The number of nitrogens with one attached hydrogen (secondary N) is 3. The lowest BCUT2D eigenvalue weighted by atomic mass is 9.95. The Bertz CT molecular complexity index is 832. The van der Waals surface area contributed by atoms with Gasteiger partial charge in [-0.05, 0) is 28.8 Å². The molecule has 0 radical (unpaired) electrons. The first-order valence-electron chi connectivity index (χ1n) is 9.13. The molecular formula is C20H23FN6. The Morgan fingerprint density at radius 2 is 1.85 bits per heavy atom. The molecule has 1 fully saturated rings. The van der Waals surface area contributed by atoms with Crippen LogP contribution in [0.3, 0.4) is 0 Å². The predicted molar refractivity (Wildman–Crippen MR) is 101 cm³/mol. The zero-order chi connectivity index (χ0) is 18.5. The quantitative estimate of drug-likeness (QED) is 0.597. The van der Waals surface area contributed by atoms with Crippen molar-refractivity contribution in [2.45, 2.75) is 19.1 Å². The minimum absolute atomic E-state index is 0.183. The maximum Gasteiger partial charge on any atom is 0.137 e. The monoisotopic (exact) mass is 366 g/mol. The van der Waals surface area contributed by atoms with Crippen LogP contribution in [0.5, 0.6) is 0 Å². The molecule has 1 aromatic heterocycles. The number of nitrogens with zero attached hydrogens (tertiary/aromatic N) is 3. The molecule has 2 aromatic carbocycles. The largest absolute Gasteiger partial charge is 0.312 e. The first-order valence-corrected chi connectivity index (χ1v) is 9.13. The fourth-order valence-corrected chi connectivity index (χ4v) is 3.42. The summed E-state index contributed by atoms with van der Waals surface area (Å²) in [7, 11) is 0. The van der Waals surface area contributed by atoms with Gasteiger partial charge in [-0.2, -0.15) is 5.10 Å². The molecule has 2 unspecified atom stereocenters. The normalized spacial score (nSPS) is 19.4. The summed E-state index contributed by atoms with van der Waals surface area (Å²) < 4.78 is 14.9. The van der Waals surface area contributed by atoms with Crippen LogP contribution in [0.2, 0.25) is 0 Å². The number of halogens is 1. The molecule has 27 heavy (non-hydrogen) atoms. The molecule has 3 N–H and O–H groups in total. The summed E-state index contributed by atoms with van der Waals surface area (Å²) in [4.78, 5) is 3.96. The average Bonchev–Trinajstić information content (AvgIpc) is 3.36. The molecule has 0 aliphatic carbocycles. The topological polar surface area (TPSA) is 66.8 Å². The van der Waals surface area contributed by atoms with Gasteiger partial charge < -0.3 is 5.32 Å². The fourth-order valence-electron chi connectivity index (χ4n) is 3.42. The van der Waals surface area contributed by atoms with E-state index in [4.69, 9.17) is 0 Å². The van der Waals surface area contributed by atoms with E-state index >= 15 is 0 Å². The summed E-state index contributed by atoms with van der Waals surface area (Å²) in [6, 6.07) is 15.4. The molecule has 7 heteroatoms. The van der Waals surface area contributed by atoms with Crippen molar-refractivity contribution in [1.82, 2.24) is 30.9 Å². The van der Waals surface area contributed by atoms with Crippen LogP contribution in [0, 0.1) is 11.7 Å². The van der Waals surface area contributed by atoms with Crippen molar-refractivity contribution in [1.29, 1.82) is 0 Å². The molecule has 1 saturated heterocycles. The zero-order valence-corrected chi connectivity index (χ0v) is 15.0. The van der Waals surface area contributed by atoms with E-state index in [0.29, 0.717) is 5.92 Å². The maximum atomic E-state index is 13.1. The Balaban J connectivity index is 1.28. The van der Waals surface area contributed by atoms with Gasteiger partial charge in [-0.25, -0.2) is 19.5 Å². The second-order valence-electron chi connectivity index (χ2n) is 6.85. The SMILES string of the molecule is Fc1ccc(C2NNCC2CNCc2ccc(Cn3cncn3)cc2)cc1. The van der Waals surface area contributed by atoms with Crippen LogP contribution in [-0.2, 0) is 13.1 Å². The van der Waals surface area contributed by atoms with Crippen LogP contribution >= 0.6 is 0 Å². The zero-order valence-electron chi connectivity index (χ0n) is 15.0. The van der Waals surface area contributed by atoms with Gasteiger partial charge in [0.1, 0.15) is 18.5 Å². The minimum atomic E-state index is -0.202. The van der Waals surface area contributed by atoms with Crippen molar-refractivity contribution in [3.63, 3.8) is 0 Å². The molecule has 2 atom stereocenters. The molecule has 6 nitrogen and oxygen atoms in total. The van der Waals surface area contributed by atoms with E-state index < -0.39 is 0 Å². The third-order valence-corrected chi connectivity index (χ3v) is 4.89. The van der Waals surface area contributed by atoms with Gasteiger partial charge in [0.15, 0.2) is 0 Å². The maximum absolute atomic E-state index is 13.1. The van der Waals surface area contributed by atoms with Crippen molar-refractivity contribution >= 4 is 0 Å². The summed E-state index contributed by atoms with van der Waals surface area (Å²) in [5.74, 6) is 0.202. The number of benzene rings is 2. The molecule has 0 amide bonds. The standard InChI is InChI=1S/C20H23FN6/c21-19-7-5-17(6-8-19)20-18(11-24-26-20)10-22-9-15-1-3-16(4-2-15)12-27-14-23-13-25-27/h1-8,13-14,18,20,22,24,26H,9-12H2. The highest BCUT2D eigenvalue weighted by molar-refractivity contribution is 5.23. The first kappa shape index (κ1) is 17.8. The van der Waals surface area contributed by atoms with Gasteiger partial charge in [0, 0.05) is 25.6 Å². The lowest BCUT2D eigenvalue weighted by Crippen LogP contribution is -2.28. The van der Waals surface area contributed by atoms with Crippen LogP contribution in [0.15, 0.2) is 61.2 Å². The molecule has 0 saturated carbocycles. The molecule has 1 aliphatic rings. The van der Waals surface area contributed by atoms with E-state index in [0.717, 1.165) is 31.7 Å². The van der Waals surface area contributed by atoms with Crippen LogP contribution < -0.4 is 16.2 Å². The number of hydrogen-bond acceptors (Lipinski definition) is 5. The van der Waals surface area contributed by atoms with E-state index in [9.17, 15) is 4.39 Å². The number of rotatable bonds is 7. The lowest BCUT2D eigenvalue weighted by molar-refractivity contribution is 0.441. The average molecular weight is 366 g/mol. The second kappa shape index (κ2) is 8.39. The summed E-state index contributed by atoms with van der Waals surface area (Å²) in [5, 5.41) is 7.66. The van der Waals surface area contributed by atoms with Gasteiger partial charge in [0.2, 0.25) is 0 Å². The Morgan fingerprint density at radius 1 is 1.07 bits per heavy atom. The Morgan fingerprint density at radius 3 is 2.59 bits per heavy atom. The summed E-state index contributed by atoms with van der Waals surface area (Å²) in [6.07, 6.45) is 3.26. The Labute approximate surface area is 157 Å². The van der Waals surface area contributed by atoms with Gasteiger partial charge >= 0.3 is 0 Å². The van der Waals surface area contributed by atoms with E-state index in [-0.39, 0.29) is 11.9 Å². The van der Waals surface area contributed by atoms with Crippen LogP contribution in [0.25, 0.3) is 0 Å². The number of aromatic nitrogens is 3. The minimum Gasteiger partial charge on any atom is -0.312 e. The highest BCUT2D eigenvalue weighted by atomic mass is 19.1. The molecule has 1 aliphatic heterocycles. The molecular weight excluding hydrogens is 343 g/mol. The highest BCUT2D eigenvalue weighted by Crippen LogP contribution is 2.24. The molecule has 3 aromatic rings. The summed E-state index contributed by atoms with van der Waals surface area (Å²) in [5.41, 5.74) is 10.1. The molecule has 2 heterocycles. The van der Waals surface area contributed by atoms with Gasteiger partial charge in [-0.15, -0.1) is 0 Å².